The molecule has 0 unspecified atom stereocenters. The Kier molecular flexibility index (Phi) is 10.3. The molecule has 0 nitrogen and oxygen atoms in total. The maximum atomic E-state index is 3.63. The van der Waals surface area contributed by atoms with Gasteiger partial charge < -0.3 is 0 Å². The minimum Gasteiger partial charge on any atom is -0.107 e. The number of allylic oxidation sites excluding steroid dienone is 4. The molecule has 0 aliphatic heterocycles. The lowest BCUT2D eigenvalue weighted by atomic mass is 10.2. The van der Waals surface area contributed by atoms with Gasteiger partial charge in [0.2, 0.25) is 0 Å². The molecule has 0 aromatic heterocycles. The largest absolute Gasteiger partial charge is 0.107 e. The van der Waals surface area contributed by atoms with Crippen molar-refractivity contribution < 1.29 is 0 Å². The van der Waals surface area contributed by atoms with Crippen LogP contribution >= 0.6 is 24.0 Å². The first-order valence-electron chi connectivity index (χ1n) is 2.79. The minimum absolute atomic E-state index is 0. The van der Waals surface area contributed by atoms with E-state index in [1.807, 2.05) is 12.2 Å². The van der Waals surface area contributed by atoms with Crippen LogP contribution in [-0.2, 0) is 0 Å². The molecular formula is C8H13I. The molecule has 0 aromatic carbocycles. The lowest BCUT2D eigenvalue weighted by Gasteiger charge is -1.89. The Balaban J connectivity index is 0. The topological polar surface area (TPSA) is 0 Å². The summed E-state index contributed by atoms with van der Waals surface area (Å²) in [6, 6.07) is 0. The van der Waals surface area contributed by atoms with Crippen molar-refractivity contribution in [2.45, 2.75) is 13.3 Å². The first-order chi connectivity index (χ1) is 3.85. The van der Waals surface area contributed by atoms with Crippen LogP contribution in [0.5, 0.6) is 0 Å². The van der Waals surface area contributed by atoms with Gasteiger partial charge in [-0.3, -0.25) is 0 Å². The van der Waals surface area contributed by atoms with Crippen molar-refractivity contribution >= 4 is 24.0 Å². The SMILES string of the molecule is C=C/C=C(\C=C)CC.I. The fraction of sp³-hybridized carbons (Fsp3) is 0.250. The van der Waals surface area contributed by atoms with Crippen LogP contribution in [0.4, 0.5) is 0 Å². The quantitative estimate of drug-likeness (QED) is 0.521. The monoisotopic (exact) mass is 236 g/mol. The molecule has 0 radical (unpaired) electrons. The van der Waals surface area contributed by atoms with Gasteiger partial charge in [-0.15, -0.1) is 24.0 Å². The van der Waals surface area contributed by atoms with Gasteiger partial charge in [0.1, 0.15) is 0 Å². The molecule has 0 aliphatic carbocycles. The van der Waals surface area contributed by atoms with Gasteiger partial charge in [0.25, 0.3) is 0 Å². The average molecular weight is 236 g/mol. The molecule has 0 fully saturated rings. The van der Waals surface area contributed by atoms with Crippen molar-refractivity contribution in [3.8, 4) is 0 Å². The molecule has 0 atom stereocenters. The highest BCUT2D eigenvalue weighted by Crippen LogP contribution is 1.99. The third-order valence-electron chi connectivity index (χ3n) is 1.00. The van der Waals surface area contributed by atoms with Crippen molar-refractivity contribution in [2.24, 2.45) is 0 Å². The van der Waals surface area contributed by atoms with Crippen LogP contribution in [0, 0.1) is 0 Å². The van der Waals surface area contributed by atoms with E-state index in [0.717, 1.165) is 6.42 Å². The van der Waals surface area contributed by atoms with Crippen LogP contribution < -0.4 is 0 Å². The van der Waals surface area contributed by atoms with Gasteiger partial charge in [-0.1, -0.05) is 38.3 Å². The predicted molar refractivity (Wildman–Crippen MR) is 54.2 cm³/mol. The van der Waals surface area contributed by atoms with Gasteiger partial charge in [0, 0.05) is 0 Å². The van der Waals surface area contributed by atoms with Gasteiger partial charge in [0.05, 0.1) is 0 Å². The Hall–Kier alpha value is -0.0500. The predicted octanol–water partition coefficient (Wildman–Crippen LogP) is 3.31. The summed E-state index contributed by atoms with van der Waals surface area (Å²) in [4.78, 5) is 0. The smallest absolute Gasteiger partial charge is 0.0308 e. The Bertz CT molecular complexity index is 112. The number of halogens is 1. The molecule has 0 aliphatic rings. The van der Waals surface area contributed by atoms with E-state index in [2.05, 4.69) is 20.1 Å². The van der Waals surface area contributed by atoms with E-state index in [1.54, 1.807) is 6.08 Å². The molecule has 0 spiro atoms. The van der Waals surface area contributed by atoms with Crippen LogP contribution in [0.2, 0.25) is 0 Å². The first kappa shape index (κ1) is 11.7. The van der Waals surface area contributed by atoms with Gasteiger partial charge >= 0.3 is 0 Å². The van der Waals surface area contributed by atoms with Crippen molar-refractivity contribution in [3.63, 3.8) is 0 Å². The van der Waals surface area contributed by atoms with E-state index in [4.69, 9.17) is 0 Å². The summed E-state index contributed by atoms with van der Waals surface area (Å²) in [5.41, 5.74) is 1.24. The molecule has 0 bridgehead atoms. The maximum Gasteiger partial charge on any atom is -0.0308 e. The van der Waals surface area contributed by atoms with Crippen molar-refractivity contribution in [2.75, 3.05) is 0 Å². The zero-order valence-corrected chi connectivity index (χ0v) is 8.09. The highest BCUT2D eigenvalue weighted by Gasteiger charge is 1.79. The normalized spacial score (nSPS) is 9.67. The van der Waals surface area contributed by atoms with Crippen LogP contribution in [0.3, 0.4) is 0 Å². The summed E-state index contributed by atoms with van der Waals surface area (Å²) >= 11 is 0. The van der Waals surface area contributed by atoms with E-state index in [9.17, 15) is 0 Å². The first-order valence-corrected chi connectivity index (χ1v) is 2.79. The average Bonchev–Trinajstić information content (AvgIpc) is 1.83. The summed E-state index contributed by atoms with van der Waals surface area (Å²) in [6.07, 6.45) is 6.63. The third kappa shape index (κ3) is 5.83. The number of hydrogen-bond donors (Lipinski definition) is 0. The summed E-state index contributed by atoms with van der Waals surface area (Å²) < 4.78 is 0. The Morgan fingerprint density at radius 1 is 1.44 bits per heavy atom. The van der Waals surface area contributed by atoms with Gasteiger partial charge in [-0.25, -0.2) is 0 Å². The van der Waals surface area contributed by atoms with Crippen LogP contribution in [0.25, 0.3) is 0 Å². The van der Waals surface area contributed by atoms with Crippen LogP contribution in [-0.4, -0.2) is 0 Å². The van der Waals surface area contributed by atoms with E-state index < -0.39 is 0 Å². The lowest BCUT2D eigenvalue weighted by molar-refractivity contribution is 1.15. The zero-order valence-electron chi connectivity index (χ0n) is 5.76. The van der Waals surface area contributed by atoms with E-state index in [0.29, 0.717) is 0 Å². The highest BCUT2D eigenvalue weighted by molar-refractivity contribution is 14.0. The molecule has 1 heteroatoms. The van der Waals surface area contributed by atoms with Crippen molar-refractivity contribution in [1.82, 2.24) is 0 Å². The second-order valence-electron chi connectivity index (χ2n) is 1.53. The minimum atomic E-state index is 0. The maximum absolute atomic E-state index is 3.63. The molecule has 0 saturated carbocycles. The molecule has 0 N–H and O–H groups in total. The van der Waals surface area contributed by atoms with E-state index in [1.165, 1.54) is 5.57 Å². The van der Waals surface area contributed by atoms with Gasteiger partial charge in [-0.05, 0) is 12.0 Å². The van der Waals surface area contributed by atoms with Crippen LogP contribution in [0.1, 0.15) is 13.3 Å². The van der Waals surface area contributed by atoms with E-state index >= 15 is 0 Å². The Morgan fingerprint density at radius 2 is 2.00 bits per heavy atom. The highest BCUT2D eigenvalue weighted by atomic mass is 127. The Morgan fingerprint density at radius 3 is 2.11 bits per heavy atom. The summed E-state index contributed by atoms with van der Waals surface area (Å²) in [5.74, 6) is 0. The fourth-order valence-electron chi connectivity index (χ4n) is 0.482. The van der Waals surface area contributed by atoms with Crippen molar-refractivity contribution in [1.29, 1.82) is 0 Å². The molecule has 0 rings (SSSR count). The molecule has 52 valence electrons. The molecule has 0 heterocycles. The summed E-state index contributed by atoms with van der Waals surface area (Å²) in [6.45, 7) is 9.30. The second kappa shape index (κ2) is 7.95. The molecule has 0 aromatic rings. The molecule has 0 saturated heterocycles. The fourth-order valence-corrected chi connectivity index (χ4v) is 0.482. The molecule has 0 amide bonds. The standard InChI is InChI=1S/C8H12.HI/c1-4-7-8(5-2)6-3;/h4-5,7H,1-2,6H2,3H3;1H/b8-7+;. The van der Waals surface area contributed by atoms with Gasteiger partial charge in [0.15, 0.2) is 0 Å². The molecule has 9 heavy (non-hydrogen) atoms. The summed E-state index contributed by atoms with van der Waals surface area (Å²) in [5, 5.41) is 0. The second-order valence-corrected chi connectivity index (χ2v) is 1.53. The molecular weight excluding hydrogens is 223 g/mol. The van der Waals surface area contributed by atoms with Gasteiger partial charge in [-0.2, -0.15) is 0 Å². The van der Waals surface area contributed by atoms with E-state index in [-0.39, 0.29) is 24.0 Å². The summed E-state index contributed by atoms with van der Waals surface area (Å²) in [7, 11) is 0. The van der Waals surface area contributed by atoms with Crippen LogP contribution in [0.15, 0.2) is 37.0 Å². The van der Waals surface area contributed by atoms with Crippen molar-refractivity contribution in [3.05, 3.63) is 37.0 Å². The zero-order chi connectivity index (χ0) is 6.41. The lowest BCUT2D eigenvalue weighted by Crippen LogP contribution is -1.68. The Labute approximate surface area is 74.4 Å². The third-order valence-corrected chi connectivity index (χ3v) is 1.00. The number of hydrogen-bond acceptors (Lipinski definition) is 0. The number of rotatable bonds is 3.